The Hall–Kier alpha value is -4.25. The number of amides is 1. The van der Waals surface area contributed by atoms with Gasteiger partial charge in [-0.2, -0.15) is 0 Å². The number of hydrogen-bond donors (Lipinski definition) is 5. The second-order valence-electron chi connectivity index (χ2n) is 8.53. The van der Waals surface area contributed by atoms with Crippen LogP contribution in [0.3, 0.4) is 0 Å². The summed E-state index contributed by atoms with van der Waals surface area (Å²) in [6.07, 6.45) is 2.00. The quantitative estimate of drug-likeness (QED) is 0.226. The molecule has 1 aliphatic heterocycles. The van der Waals surface area contributed by atoms with Gasteiger partial charge in [0, 0.05) is 43.6 Å². The predicted octanol–water partition coefficient (Wildman–Crippen LogP) is 2.37. The highest BCUT2D eigenvalue weighted by molar-refractivity contribution is 6.27. The molecule has 11 nitrogen and oxygen atoms in total. The van der Waals surface area contributed by atoms with Gasteiger partial charge in [-0.3, -0.25) is 9.69 Å². The summed E-state index contributed by atoms with van der Waals surface area (Å²) in [6.45, 7) is 5.75. The third kappa shape index (κ3) is 7.87. The zero-order valence-corrected chi connectivity index (χ0v) is 20.6. The number of carboxylic acid groups (broad SMARTS) is 2. The van der Waals surface area contributed by atoms with E-state index in [1.165, 1.54) is 5.69 Å². The van der Waals surface area contributed by atoms with E-state index in [0.717, 1.165) is 62.2 Å². The Kier molecular flexibility index (Phi) is 9.73. The number of carbonyl (C=O) groups is 3. The number of aromatic amines is 1. The smallest absolute Gasteiger partial charge is 0.414 e. The minimum absolute atomic E-state index is 0.110. The van der Waals surface area contributed by atoms with Gasteiger partial charge in [0.25, 0.3) is 5.91 Å². The normalized spacial score (nSPS) is 13.5. The molecule has 0 atom stereocenters. The Morgan fingerprint density at radius 1 is 0.973 bits per heavy atom. The second-order valence-corrected chi connectivity index (χ2v) is 8.53. The maximum Gasteiger partial charge on any atom is 0.414 e. The van der Waals surface area contributed by atoms with Crippen molar-refractivity contribution in [3.05, 3.63) is 54.2 Å². The summed E-state index contributed by atoms with van der Waals surface area (Å²) < 4.78 is 5.49. The van der Waals surface area contributed by atoms with Crippen molar-refractivity contribution < 1.29 is 34.4 Å². The number of phenols is 1. The molecule has 2 heterocycles. The maximum absolute atomic E-state index is 12.4. The van der Waals surface area contributed by atoms with Gasteiger partial charge >= 0.3 is 11.9 Å². The zero-order valence-electron chi connectivity index (χ0n) is 20.6. The van der Waals surface area contributed by atoms with Crippen molar-refractivity contribution in [2.24, 2.45) is 0 Å². The van der Waals surface area contributed by atoms with Gasteiger partial charge < -0.3 is 35.3 Å². The molecule has 37 heavy (non-hydrogen) atoms. The number of para-hydroxylation sites is 2. The van der Waals surface area contributed by atoms with Gasteiger partial charge in [-0.1, -0.05) is 12.1 Å². The first-order valence-electron chi connectivity index (χ1n) is 11.9. The van der Waals surface area contributed by atoms with Gasteiger partial charge in [-0.15, -0.1) is 0 Å². The van der Waals surface area contributed by atoms with Crippen molar-refractivity contribution in [1.29, 1.82) is 0 Å². The van der Waals surface area contributed by atoms with E-state index in [-0.39, 0.29) is 11.7 Å². The van der Waals surface area contributed by atoms with E-state index in [2.05, 4.69) is 32.2 Å². The number of rotatable bonds is 8. The number of fused-ring (bicyclic) bond motifs is 1. The SMILES string of the molecule is COc1ccccc1N1CCN(CCCCNC(=O)c2cc3cc(O)ccc3[nH]2)CC1.O=C(O)C(=O)O. The minimum Gasteiger partial charge on any atom is -0.508 e. The van der Waals surface area contributed by atoms with Gasteiger partial charge in [0.05, 0.1) is 12.8 Å². The fourth-order valence-corrected chi connectivity index (χ4v) is 4.10. The lowest BCUT2D eigenvalue weighted by Gasteiger charge is -2.36. The van der Waals surface area contributed by atoms with E-state index >= 15 is 0 Å². The number of carboxylic acids is 2. The first-order valence-corrected chi connectivity index (χ1v) is 11.9. The molecule has 0 radical (unpaired) electrons. The predicted molar refractivity (Wildman–Crippen MR) is 138 cm³/mol. The number of nitrogens with zero attached hydrogens (tertiary/aromatic N) is 2. The van der Waals surface area contributed by atoms with Gasteiger partial charge in [0.2, 0.25) is 0 Å². The van der Waals surface area contributed by atoms with Crippen LogP contribution in [-0.4, -0.2) is 89.4 Å². The highest BCUT2D eigenvalue weighted by atomic mass is 16.5. The van der Waals surface area contributed by atoms with Crippen molar-refractivity contribution in [2.45, 2.75) is 12.8 Å². The Balaban J connectivity index is 0.000000568. The molecule has 5 N–H and O–H groups in total. The summed E-state index contributed by atoms with van der Waals surface area (Å²) in [5.74, 6) is -2.63. The van der Waals surface area contributed by atoms with Crippen molar-refractivity contribution in [3.8, 4) is 11.5 Å². The summed E-state index contributed by atoms with van der Waals surface area (Å²) in [5, 5.41) is 28.1. The Morgan fingerprint density at radius 2 is 1.68 bits per heavy atom. The van der Waals surface area contributed by atoms with Crippen molar-refractivity contribution >= 4 is 34.4 Å². The molecule has 4 rings (SSSR count). The molecule has 0 saturated carbocycles. The maximum atomic E-state index is 12.4. The summed E-state index contributed by atoms with van der Waals surface area (Å²) in [5.41, 5.74) is 2.53. The number of aromatic nitrogens is 1. The molecule has 198 valence electrons. The monoisotopic (exact) mass is 512 g/mol. The standard InChI is InChI=1S/C24H30N4O3.C2H2O4/c1-31-23-7-3-2-6-22(23)28-14-12-27(13-15-28)11-5-4-10-25-24(30)21-17-18-16-19(29)8-9-20(18)26-21;3-1(4)2(5)6/h2-3,6-9,16-17,26,29H,4-5,10-15H2,1H3,(H,25,30);(H,3,4)(H,5,6). The topological polar surface area (TPSA) is 155 Å². The van der Waals surface area contributed by atoms with E-state index in [9.17, 15) is 9.90 Å². The fraction of sp³-hybridized carbons (Fsp3) is 0.346. The van der Waals surface area contributed by atoms with Gasteiger partial charge in [-0.05, 0) is 55.8 Å². The van der Waals surface area contributed by atoms with E-state index < -0.39 is 11.9 Å². The van der Waals surface area contributed by atoms with Crippen LogP contribution in [0.5, 0.6) is 11.5 Å². The molecule has 0 aliphatic carbocycles. The van der Waals surface area contributed by atoms with Gasteiger partial charge in [0.15, 0.2) is 0 Å². The number of phenolic OH excluding ortho intramolecular Hbond substituents is 1. The van der Waals surface area contributed by atoms with E-state index in [1.807, 2.05) is 12.1 Å². The van der Waals surface area contributed by atoms with Crippen LogP contribution < -0.4 is 15.0 Å². The molecule has 1 aromatic heterocycles. The molecule has 0 unspecified atom stereocenters. The van der Waals surface area contributed by atoms with E-state index in [0.29, 0.717) is 12.2 Å². The summed E-state index contributed by atoms with van der Waals surface area (Å²) in [6, 6.07) is 15.0. The average molecular weight is 513 g/mol. The Labute approximate surface area is 214 Å². The molecule has 1 aliphatic rings. The zero-order chi connectivity index (χ0) is 26.8. The van der Waals surface area contributed by atoms with Crippen molar-refractivity contribution in [3.63, 3.8) is 0 Å². The number of aliphatic carboxylic acids is 2. The van der Waals surface area contributed by atoms with Crippen LogP contribution in [0.1, 0.15) is 23.3 Å². The Bertz CT molecular complexity index is 1210. The molecule has 1 amide bonds. The van der Waals surface area contributed by atoms with Crippen LogP contribution >= 0.6 is 0 Å². The number of piperazine rings is 1. The van der Waals surface area contributed by atoms with Crippen LogP contribution in [0.2, 0.25) is 0 Å². The second kappa shape index (κ2) is 13.2. The molecule has 3 aromatic rings. The molecule has 11 heteroatoms. The first kappa shape index (κ1) is 27.3. The van der Waals surface area contributed by atoms with Crippen LogP contribution in [-0.2, 0) is 9.59 Å². The number of methoxy groups -OCH3 is 1. The third-order valence-electron chi connectivity index (χ3n) is 6.02. The third-order valence-corrected chi connectivity index (χ3v) is 6.02. The van der Waals surface area contributed by atoms with Crippen molar-refractivity contribution in [1.82, 2.24) is 15.2 Å². The highest BCUT2D eigenvalue weighted by Gasteiger charge is 2.19. The average Bonchev–Trinajstić information content (AvgIpc) is 3.32. The van der Waals surface area contributed by atoms with Crippen LogP contribution in [0.4, 0.5) is 5.69 Å². The lowest BCUT2D eigenvalue weighted by molar-refractivity contribution is -0.159. The fourth-order valence-electron chi connectivity index (χ4n) is 4.10. The molecular formula is C26H32N4O7. The van der Waals surface area contributed by atoms with Crippen LogP contribution in [0, 0.1) is 0 Å². The van der Waals surface area contributed by atoms with Gasteiger partial charge in [0.1, 0.15) is 17.2 Å². The van der Waals surface area contributed by atoms with E-state index in [1.54, 1.807) is 31.4 Å². The first-order chi connectivity index (χ1) is 17.8. The number of carbonyl (C=O) groups excluding carboxylic acids is 1. The van der Waals surface area contributed by atoms with Crippen molar-refractivity contribution in [2.75, 3.05) is 51.3 Å². The van der Waals surface area contributed by atoms with Crippen LogP contribution in [0.15, 0.2) is 48.5 Å². The highest BCUT2D eigenvalue weighted by Crippen LogP contribution is 2.28. The molecule has 0 bridgehead atoms. The number of anilines is 1. The van der Waals surface area contributed by atoms with Gasteiger partial charge in [-0.25, -0.2) is 9.59 Å². The minimum atomic E-state index is -1.82. The molecule has 0 spiro atoms. The molecule has 1 fully saturated rings. The number of unbranched alkanes of at least 4 members (excludes halogenated alkanes) is 1. The number of nitrogens with one attached hydrogen (secondary N) is 2. The van der Waals surface area contributed by atoms with E-state index in [4.69, 9.17) is 24.5 Å². The number of ether oxygens (including phenoxy) is 1. The number of benzene rings is 2. The van der Waals surface area contributed by atoms with Crippen LogP contribution in [0.25, 0.3) is 10.9 Å². The summed E-state index contributed by atoms with van der Waals surface area (Å²) >= 11 is 0. The summed E-state index contributed by atoms with van der Waals surface area (Å²) in [7, 11) is 1.72. The molecule has 2 aromatic carbocycles. The number of aromatic hydroxyl groups is 1. The lowest BCUT2D eigenvalue weighted by Crippen LogP contribution is -2.46. The Morgan fingerprint density at radius 3 is 2.35 bits per heavy atom. The molecular weight excluding hydrogens is 480 g/mol. The molecule has 1 saturated heterocycles. The lowest BCUT2D eigenvalue weighted by atomic mass is 10.2. The summed E-state index contributed by atoms with van der Waals surface area (Å²) in [4.78, 5) is 38.5. The largest absolute Gasteiger partial charge is 0.508 e. The number of H-pyrrole nitrogens is 1. The number of hydrogen-bond acceptors (Lipinski definition) is 7.